The van der Waals surface area contributed by atoms with E-state index in [0.717, 1.165) is 18.4 Å². The summed E-state index contributed by atoms with van der Waals surface area (Å²) in [7, 11) is 0.764. The third kappa shape index (κ3) is 4.03. The highest BCUT2D eigenvalue weighted by atomic mass is 35.5. The Hall–Kier alpha value is -2.27. The first-order chi connectivity index (χ1) is 12.6. The fourth-order valence-electron chi connectivity index (χ4n) is 2.18. The number of hydrogen-bond donors (Lipinski definition) is 2. The second kappa shape index (κ2) is 7.77. The molecule has 0 saturated heterocycles. The lowest BCUT2D eigenvalue weighted by molar-refractivity contribution is -0.203. The Morgan fingerprint density at radius 1 is 1.33 bits per heavy atom. The highest BCUT2D eigenvalue weighted by Crippen LogP contribution is 2.37. The van der Waals surface area contributed by atoms with Crippen LogP contribution in [0, 0.1) is 6.92 Å². The number of aryl methyl sites for hydroxylation is 1. The highest BCUT2D eigenvalue weighted by molar-refractivity contribution is 7.22. The lowest BCUT2D eigenvalue weighted by Crippen LogP contribution is -2.69. The summed E-state index contributed by atoms with van der Waals surface area (Å²) in [6, 6.07) is 3.16. The van der Waals surface area contributed by atoms with Gasteiger partial charge in [0.15, 0.2) is 5.13 Å². The molecule has 0 radical (unpaired) electrons. The van der Waals surface area contributed by atoms with Gasteiger partial charge < -0.3 is 14.8 Å². The van der Waals surface area contributed by atoms with Crippen molar-refractivity contribution in [3.8, 4) is 0 Å². The number of carbonyl (C=O) groups is 2. The second-order valence-corrected chi connectivity index (χ2v) is 6.69. The number of alkyl halides is 3. The Kier molecular flexibility index (Phi) is 6.05. The topological polar surface area (TPSA) is 89.5 Å². The molecule has 0 aliphatic heterocycles. The van der Waals surface area contributed by atoms with Gasteiger partial charge in [-0.15, -0.1) is 0 Å². The standard InChI is InChI=1S/C15H15ClF3N3O4S/c1-4-26-13(24)22-14(11(23)25-3,15(17,18)19)21-12-20-10-7(2)8(16)5-6-9(10)27-12/h5-6H,4H2,1-3H3,(H,20,21)(H,22,24). The van der Waals surface area contributed by atoms with Crippen LogP contribution in [0.15, 0.2) is 12.1 Å². The summed E-state index contributed by atoms with van der Waals surface area (Å²) in [5, 5.41) is 3.59. The molecule has 1 unspecified atom stereocenters. The van der Waals surface area contributed by atoms with Crippen molar-refractivity contribution in [3.05, 3.63) is 22.7 Å². The molecule has 0 spiro atoms. The van der Waals surface area contributed by atoms with Crippen LogP contribution in [-0.2, 0) is 14.3 Å². The molecule has 0 bridgehead atoms. The molecule has 0 aliphatic carbocycles. The van der Waals surface area contributed by atoms with E-state index in [-0.39, 0.29) is 11.7 Å². The van der Waals surface area contributed by atoms with Crippen molar-refractivity contribution >= 4 is 50.3 Å². The van der Waals surface area contributed by atoms with Crippen molar-refractivity contribution in [1.82, 2.24) is 10.3 Å². The summed E-state index contributed by atoms with van der Waals surface area (Å²) in [5.41, 5.74) is -2.65. The lowest BCUT2D eigenvalue weighted by Gasteiger charge is -2.33. The molecule has 0 aliphatic rings. The van der Waals surface area contributed by atoms with Crippen molar-refractivity contribution in [2.75, 3.05) is 19.0 Å². The van der Waals surface area contributed by atoms with Crippen LogP contribution in [0.1, 0.15) is 12.5 Å². The van der Waals surface area contributed by atoms with Crippen LogP contribution in [0.3, 0.4) is 0 Å². The molecule has 1 amide bonds. The van der Waals surface area contributed by atoms with Gasteiger partial charge in [-0.2, -0.15) is 13.2 Å². The zero-order valence-electron chi connectivity index (χ0n) is 14.4. The number of ether oxygens (including phenoxy) is 2. The number of amides is 1. The number of halogens is 4. The molecular weight excluding hydrogens is 411 g/mol. The minimum Gasteiger partial charge on any atom is -0.466 e. The first-order valence-corrected chi connectivity index (χ1v) is 8.69. The number of alkyl carbamates (subject to hydrolysis) is 1. The first-order valence-electron chi connectivity index (χ1n) is 7.49. The number of rotatable bonds is 5. The van der Waals surface area contributed by atoms with Crippen LogP contribution < -0.4 is 10.6 Å². The fraction of sp³-hybridized carbons (Fsp3) is 0.400. The van der Waals surface area contributed by atoms with Gasteiger partial charge in [-0.25, -0.2) is 14.6 Å². The maximum absolute atomic E-state index is 13.8. The van der Waals surface area contributed by atoms with E-state index < -0.39 is 23.9 Å². The molecule has 148 valence electrons. The van der Waals surface area contributed by atoms with Crippen LogP contribution in [0.25, 0.3) is 10.2 Å². The summed E-state index contributed by atoms with van der Waals surface area (Å²) >= 11 is 6.85. The largest absolute Gasteiger partial charge is 0.466 e. The van der Waals surface area contributed by atoms with E-state index in [9.17, 15) is 22.8 Å². The Labute approximate surface area is 160 Å². The van der Waals surface area contributed by atoms with Gasteiger partial charge in [0.05, 0.1) is 23.9 Å². The smallest absolute Gasteiger partial charge is 0.442 e. The van der Waals surface area contributed by atoms with Gasteiger partial charge in [-0.3, -0.25) is 5.32 Å². The van der Waals surface area contributed by atoms with Crippen LogP contribution in [0.2, 0.25) is 5.02 Å². The maximum atomic E-state index is 13.8. The van der Waals surface area contributed by atoms with E-state index in [4.69, 9.17) is 11.6 Å². The Morgan fingerprint density at radius 2 is 2.00 bits per heavy atom. The van der Waals surface area contributed by atoms with Crippen molar-refractivity contribution in [3.63, 3.8) is 0 Å². The van der Waals surface area contributed by atoms with Gasteiger partial charge in [-0.05, 0) is 31.5 Å². The first kappa shape index (κ1) is 21.0. The highest BCUT2D eigenvalue weighted by Gasteiger charge is 2.64. The molecular formula is C15H15ClF3N3O4S. The van der Waals surface area contributed by atoms with Gasteiger partial charge in [0.25, 0.3) is 0 Å². The number of esters is 1. The van der Waals surface area contributed by atoms with E-state index in [0.29, 0.717) is 20.8 Å². The number of nitrogens with zero attached hydrogens (tertiary/aromatic N) is 1. The zero-order chi connectivity index (χ0) is 20.4. The quantitative estimate of drug-likeness (QED) is 0.558. The summed E-state index contributed by atoms with van der Waals surface area (Å²) in [6.45, 7) is 2.86. The molecule has 2 aromatic rings. The molecule has 27 heavy (non-hydrogen) atoms. The van der Waals surface area contributed by atoms with Gasteiger partial charge in [-0.1, -0.05) is 22.9 Å². The Bertz CT molecular complexity index is 874. The van der Waals surface area contributed by atoms with Crippen LogP contribution in [0.5, 0.6) is 0 Å². The minimum atomic E-state index is -5.27. The molecule has 0 saturated carbocycles. The molecule has 2 N–H and O–H groups in total. The SMILES string of the molecule is CCOC(=O)NC(Nc1nc2c(C)c(Cl)ccc2s1)(C(=O)OC)C(F)(F)F. The molecule has 1 aromatic heterocycles. The number of aromatic nitrogens is 1. The number of thiazole rings is 1. The Balaban J connectivity index is 2.54. The fourth-order valence-corrected chi connectivity index (χ4v) is 3.31. The van der Waals surface area contributed by atoms with Crippen LogP contribution in [-0.4, -0.2) is 42.6 Å². The number of fused-ring (bicyclic) bond motifs is 1. The molecule has 1 aromatic carbocycles. The number of anilines is 1. The lowest BCUT2D eigenvalue weighted by atomic mass is 10.1. The zero-order valence-corrected chi connectivity index (χ0v) is 15.9. The van der Waals surface area contributed by atoms with Gasteiger partial charge >= 0.3 is 23.9 Å². The molecule has 1 atom stereocenters. The van der Waals surface area contributed by atoms with Crippen molar-refractivity contribution in [2.24, 2.45) is 0 Å². The third-order valence-electron chi connectivity index (χ3n) is 3.52. The predicted molar refractivity (Wildman–Crippen MR) is 93.9 cm³/mol. The van der Waals surface area contributed by atoms with Crippen molar-refractivity contribution < 1.29 is 32.2 Å². The van der Waals surface area contributed by atoms with Gasteiger partial charge in [0.2, 0.25) is 0 Å². The minimum absolute atomic E-state index is 0.195. The predicted octanol–water partition coefficient (Wildman–Crippen LogP) is 3.85. The van der Waals surface area contributed by atoms with E-state index >= 15 is 0 Å². The van der Waals surface area contributed by atoms with Crippen molar-refractivity contribution in [1.29, 1.82) is 0 Å². The number of nitrogens with one attached hydrogen (secondary N) is 2. The number of hydrogen-bond acceptors (Lipinski definition) is 7. The molecule has 2 rings (SSSR count). The Morgan fingerprint density at radius 3 is 2.56 bits per heavy atom. The molecule has 12 heteroatoms. The van der Waals surface area contributed by atoms with E-state index in [2.05, 4.69) is 14.5 Å². The third-order valence-corrected chi connectivity index (χ3v) is 4.87. The van der Waals surface area contributed by atoms with E-state index in [1.54, 1.807) is 19.1 Å². The van der Waals surface area contributed by atoms with Gasteiger partial charge in [0.1, 0.15) is 0 Å². The number of benzene rings is 1. The average molecular weight is 426 g/mol. The summed E-state index contributed by atoms with van der Waals surface area (Å²) in [6.07, 6.45) is -6.72. The summed E-state index contributed by atoms with van der Waals surface area (Å²) in [5.74, 6) is -1.78. The maximum Gasteiger partial charge on any atom is 0.442 e. The molecule has 0 fully saturated rings. The summed E-state index contributed by atoms with van der Waals surface area (Å²) in [4.78, 5) is 27.8. The summed E-state index contributed by atoms with van der Waals surface area (Å²) < 4.78 is 50.8. The number of carbonyl (C=O) groups excluding carboxylic acids is 2. The van der Waals surface area contributed by atoms with E-state index in [1.807, 2.05) is 5.32 Å². The molecule has 1 heterocycles. The average Bonchev–Trinajstić information content (AvgIpc) is 2.99. The van der Waals surface area contributed by atoms with Crippen molar-refractivity contribution in [2.45, 2.75) is 25.7 Å². The van der Waals surface area contributed by atoms with Crippen LogP contribution in [0.4, 0.5) is 23.1 Å². The van der Waals surface area contributed by atoms with Crippen LogP contribution >= 0.6 is 22.9 Å². The van der Waals surface area contributed by atoms with E-state index in [1.165, 1.54) is 12.2 Å². The number of methoxy groups -OCH3 is 1. The van der Waals surface area contributed by atoms with Gasteiger partial charge in [0, 0.05) is 5.02 Å². The normalized spacial score (nSPS) is 13.7. The second-order valence-electron chi connectivity index (χ2n) is 5.25. The monoisotopic (exact) mass is 425 g/mol. The molecule has 7 nitrogen and oxygen atoms in total.